The summed E-state index contributed by atoms with van der Waals surface area (Å²) in [6.07, 6.45) is -0.623. The second-order valence-electron chi connectivity index (χ2n) is 22.7. The van der Waals surface area contributed by atoms with Crippen LogP contribution in [0.4, 0.5) is 26.3 Å². The molecule has 14 rings (SSSR count). The molecule has 4 saturated heterocycles. The molecule has 0 saturated carbocycles. The number of hydrogen-bond acceptors (Lipinski definition) is 15. The number of hydrogen-bond donors (Lipinski definition) is 2. The molecule has 17 nitrogen and oxygen atoms in total. The SMILES string of the molecule is N#Cc1ccc(COc2cccc(-c3cc(F)c(Cc4nc5ccc(C(=O)OC(=O)c6ccc7nc(Cc8cc(F)c(-c9cccc(OCc%10ccc(C#N)cc%10F)n9)cc8F)n([C@@H]8CO[C@@H]9CNC[C@H]89)c7c6)cc5n4[C@@H]4CO[C@@H]5CNC[C@H]45)cc3F)n2)c(F)c1. The van der Waals surface area contributed by atoms with Crippen LogP contribution in [-0.2, 0) is 40.3 Å². The van der Waals surface area contributed by atoms with Gasteiger partial charge in [-0.1, -0.05) is 24.3 Å². The molecule has 0 unspecified atom stereocenters. The summed E-state index contributed by atoms with van der Waals surface area (Å²) in [6.45, 7) is 2.47. The highest BCUT2D eigenvalue weighted by atomic mass is 19.1. The van der Waals surface area contributed by atoms with Crippen LogP contribution in [-0.4, -0.2) is 92.6 Å². The van der Waals surface area contributed by atoms with Gasteiger partial charge in [0.2, 0.25) is 11.8 Å². The molecular weight excluding hydrogens is 1180 g/mol. The topological polar surface area (TPSA) is 213 Å². The lowest BCUT2D eigenvalue weighted by molar-refractivity contribution is 0.0397. The van der Waals surface area contributed by atoms with Gasteiger partial charge in [0.25, 0.3) is 0 Å². The molecule has 2 N–H and O–H groups in total. The molecule has 0 bridgehead atoms. The number of carbonyl (C=O) groups is 2. The second-order valence-corrected chi connectivity index (χ2v) is 22.7. The van der Waals surface area contributed by atoms with Crippen molar-refractivity contribution in [3.8, 4) is 46.4 Å². The van der Waals surface area contributed by atoms with E-state index < -0.39 is 46.8 Å². The van der Waals surface area contributed by atoms with E-state index in [-0.39, 0.29) is 154 Å². The minimum absolute atomic E-state index is 0.000596. The number of imidazole rings is 2. The van der Waals surface area contributed by atoms with E-state index in [4.69, 9.17) is 44.2 Å². The number of rotatable bonds is 16. The Morgan fingerprint density at radius 3 is 1.37 bits per heavy atom. The fraction of sp³-hybridized carbons (Fsp3) is 0.235. The minimum atomic E-state index is -0.982. The predicted octanol–water partition coefficient (Wildman–Crippen LogP) is 10.7. The van der Waals surface area contributed by atoms with Crippen molar-refractivity contribution in [2.75, 3.05) is 39.4 Å². The number of carbonyl (C=O) groups excluding carboxylic acids is 2. The predicted molar refractivity (Wildman–Crippen MR) is 315 cm³/mol. The summed E-state index contributed by atoms with van der Waals surface area (Å²) in [7, 11) is 0. The zero-order valence-electron chi connectivity index (χ0n) is 47.9. The lowest BCUT2D eigenvalue weighted by atomic mass is 9.99. The number of fused-ring (bicyclic) bond motifs is 4. The number of halogens is 6. The molecule has 4 fully saturated rings. The van der Waals surface area contributed by atoms with Crippen molar-refractivity contribution in [2.24, 2.45) is 11.8 Å². The Morgan fingerprint density at radius 2 is 0.945 bits per heavy atom. The summed E-state index contributed by atoms with van der Waals surface area (Å²) >= 11 is 0. The number of esters is 2. The maximum absolute atomic E-state index is 16.4. The Kier molecular flexibility index (Phi) is 15.6. The Hall–Kier alpha value is -10.3. The Balaban J connectivity index is 0.716. The van der Waals surface area contributed by atoms with Gasteiger partial charge in [-0.05, 0) is 108 Å². The molecule has 4 aromatic heterocycles. The summed E-state index contributed by atoms with van der Waals surface area (Å²) in [5.74, 6) is -5.61. The van der Waals surface area contributed by atoms with Gasteiger partial charge in [-0.25, -0.2) is 55.9 Å². The van der Waals surface area contributed by atoms with Crippen LogP contribution in [0.3, 0.4) is 0 Å². The molecule has 8 heterocycles. The van der Waals surface area contributed by atoms with Crippen molar-refractivity contribution in [3.05, 3.63) is 225 Å². The van der Waals surface area contributed by atoms with Gasteiger partial charge in [0.1, 0.15) is 59.8 Å². The van der Waals surface area contributed by atoms with E-state index in [1.807, 2.05) is 21.3 Å². The van der Waals surface area contributed by atoms with Crippen molar-refractivity contribution >= 4 is 34.0 Å². The molecule has 0 radical (unpaired) electrons. The van der Waals surface area contributed by atoms with Crippen molar-refractivity contribution < 1.29 is 59.6 Å². The van der Waals surface area contributed by atoms with Crippen LogP contribution in [0.1, 0.15) is 77.8 Å². The normalized spacial score (nSPS) is 19.1. The van der Waals surface area contributed by atoms with E-state index in [0.29, 0.717) is 59.9 Å². The molecule has 10 aromatic rings. The van der Waals surface area contributed by atoms with Crippen molar-refractivity contribution in [3.63, 3.8) is 0 Å². The largest absolute Gasteiger partial charge is 0.473 e. The third-order valence-electron chi connectivity index (χ3n) is 17.3. The van der Waals surface area contributed by atoms with Crippen molar-refractivity contribution in [1.29, 1.82) is 10.5 Å². The van der Waals surface area contributed by atoms with Crippen LogP contribution in [0.5, 0.6) is 11.8 Å². The number of aromatic nitrogens is 6. The molecule has 6 aromatic carbocycles. The average Bonchev–Trinajstić information content (AvgIpc) is 1.66. The molecule has 0 spiro atoms. The van der Waals surface area contributed by atoms with Gasteiger partial charge in [-0.2, -0.15) is 10.5 Å². The summed E-state index contributed by atoms with van der Waals surface area (Å²) in [4.78, 5) is 46.8. The van der Waals surface area contributed by atoms with Crippen LogP contribution in [0, 0.1) is 69.4 Å². The summed E-state index contributed by atoms with van der Waals surface area (Å²) in [5.41, 5.74) is 2.21. The van der Waals surface area contributed by atoms with Gasteiger partial charge >= 0.3 is 11.9 Å². The van der Waals surface area contributed by atoms with E-state index in [2.05, 4.69) is 20.6 Å². The van der Waals surface area contributed by atoms with Crippen LogP contribution < -0.4 is 20.1 Å². The Bertz CT molecular complexity index is 4390. The quantitative estimate of drug-likeness (QED) is 0.0523. The molecule has 0 aliphatic carbocycles. The highest BCUT2D eigenvalue weighted by Crippen LogP contribution is 2.41. The first kappa shape index (κ1) is 58.4. The van der Waals surface area contributed by atoms with Gasteiger partial charge in [0.15, 0.2) is 0 Å². The molecular formula is C68H50F6N10O7. The third kappa shape index (κ3) is 11.4. The molecule has 4 aliphatic heterocycles. The summed E-state index contributed by atoms with van der Waals surface area (Å²) in [6, 6.07) is 33.5. The standard InChI is InChI=1S/C68H50F6N10O7/c69-47-15-35(25-75)7-9-39(47)31-89-65-5-1-3-53(81-65)43-23-49(71)41(17-51(43)73)21-63-79-55-13-11-37(19-57(55)83(63)59-33-87-61-29-77-27-45(59)61)67(85)91-68(86)38-12-14-56-58(20-38)84(60-34-88-62-30-78-28-46(60)62)64(80-56)22-42-18-52(74)44(24-50(42)72)54-4-2-6-66(82-54)90-32-40-10-8-36(26-76)16-48(40)70/h1-20,23-24,45-46,59-62,77-78H,21-22,27-34H2/t45-,46-,59-,60-,61-,62-/m1/s1. The number of ether oxygens (including phenoxy) is 5. The fourth-order valence-electron chi connectivity index (χ4n) is 12.7. The molecule has 0 amide bonds. The zero-order chi connectivity index (χ0) is 62.6. The van der Waals surface area contributed by atoms with E-state index in [9.17, 15) is 18.4 Å². The van der Waals surface area contributed by atoms with Gasteiger partial charge in [-0.3, -0.25) is 0 Å². The first-order chi connectivity index (χ1) is 44.2. The van der Waals surface area contributed by atoms with Gasteiger partial charge in [-0.15, -0.1) is 0 Å². The summed E-state index contributed by atoms with van der Waals surface area (Å²) < 4.78 is 128. The monoisotopic (exact) mass is 1230 g/mol. The highest BCUT2D eigenvalue weighted by Gasteiger charge is 2.44. The molecule has 23 heteroatoms. The van der Waals surface area contributed by atoms with E-state index in [0.717, 1.165) is 36.4 Å². The van der Waals surface area contributed by atoms with Gasteiger partial charge in [0, 0.05) is 85.2 Å². The summed E-state index contributed by atoms with van der Waals surface area (Å²) in [5, 5.41) is 24.9. The molecule has 456 valence electrons. The number of pyridine rings is 2. The van der Waals surface area contributed by atoms with Crippen molar-refractivity contribution in [1.82, 2.24) is 39.7 Å². The van der Waals surface area contributed by atoms with Crippen LogP contribution in [0.25, 0.3) is 44.6 Å². The van der Waals surface area contributed by atoms with Crippen LogP contribution in [0.2, 0.25) is 0 Å². The first-order valence-electron chi connectivity index (χ1n) is 29.2. The van der Waals surface area contributed by atoms with Gasteiger partial charge < -0.3 is 43.5 Å². The Morgan fingerprint density at radius 1 is 0.505 bits per heavy atom. The smallest absolute Gasteiger partial charge is 0.346 e. The molecule has 6 atom stereocenters. The van der Waals surface area contributed by atoms with E-state index in [1.54, 1.807) is 36.4 Å². The average molecular weight is 1230 g/mol. The zero-order valence-corrected chi connectivity index (χ0v) is 47.9. The Labute approximate surface area is 514 Å². The third-order valence-corrected chi connectivity index (χ3v) is 17.3. The molecule has 4 aliphatic rings. The van der Waals surface area contributed by atoms with E-state index >= 15 is 17.6 Å². The number of benzene rings is 6. The van der Waals surface area contributed by atoms with Crippen LogP contribution in [0.15, 0.2) is 133 Å². The highest BCUT2D eigenvalue weighted by molar-refractivity contribution is 6.05. The fourth-order valence-corrected chi connectivity index (χ4v) is 12.7. The number of nitrogens with one attached hydrogen (secondary N) is 2. The molecule has 91 heavy (non-hydrogen) atoms. The lowest BCUT2D eigenvalue weighted by Crippen LogP contribution is -2.24. The lowest BCUT2D eigenvalue weighted by Gasteiger charge is -2.21. The van der Waals surface area contributed by atoms with E-state index in [1.165, 1.54) is 60.7 Å². The van der Waals surface area contributed by atoms with Gasteiger partial charge in [0.05, 0.1) is 105 Å². The number of nitriles is 2. The number of nitrogens with zero attached hydrogens (tertiary/aromatic N) is 8. The maximum Gasteiger partial charge on any atom is 0.346 e. The minimum Gasteiger partial charge on any atom is -0.473 e. The second kappa shape index (κ2) is 24.2. The maximum atomic E-state index is 16.4. The van der Waals surface area contributed by atoms with Crippen LogP contribution >= 0.6 is 0 Å². The first-order valence-corrected chi connectivity index (χ1v) is 29.2. The van der Waals surface area contributed by atoms with Crippen molar-refractivity contribution in [2.45, 2.75) is 50.3 Å².